The molecular weight excluding hydrogens is 308 g/mol. The number of carbonyl (C=O) groups is 2. The Kier molecular flexibility index (Phi) is 6.19. The summed E-state index contributed by atoms with van der Waals surface area (Å²) in [5.74, 6) is 0.348. The van der Waals surface area contributed by atoms with E-state index in [1.165, 1.54) is 7.11 Å². The van der Waals surface area contributed by atoms with Crippen LogP contribution in [-0.2, 0) is 4.74 Å². The summed E-state index contributed by atoms with van der Waals surface area (Å²) in [6.45, 7) is 2.76. The molecule has 0 bridgehead atoms. The van der Waals surface area contributed by atoms with E-state index < -0.39 is 5.97 Å². The van der Waals surface area contributed by atoms with Crippen molar-refractivity contribution < 1.29 is 19.1 Å². The number of ether oxygens (including phenoxy) is 2. The van der Waals surface area contributed by atoms with Crippen LogP contribution in [0.25, 0.3) is 0 Å². The maximum Gasteiger partial charge on any atom is 0.337 e. The molecule has 0 atom stereocenters. The molecule has 2 aromatic carbocycles. The Morgan fingerprint density at radius 1 is 1.00 bits per heavy atom. The molecule has 2 amide bonds. The van der Waals surface area contributed by atoms with Gasteiger partial charge in [-0.15, -0.1) is 0 Å². The highest BCUT2D eigenvalue weighted by Crippen LogP contribution is 2.11. The Morgan fingerprint density at radius 3 is 2.29 bits per heavy atom. The van der Waals surface area contributed by atoms with Crippen molar-refractivity contribution in [1.29, 1.82) is 0 Å². The van der Waals surface area contributed by atoms with Crippen LogP contribution in [-0.4, -0.2) is 32.3 Å². The number of methoxy groups -OCH3 is 1. The molecule has 2 aromatic rings. The van der Waals surface area contributed by atoms with E-state index >= 15 is 0 Å². The lowest BCUT2D eigenvalue weighted by Gasteiger charge is -2.09. The summed E-state index contributed by atoms with van der Waals surface area (Å²) in [6, 6.07) is 13.8. The van der Waals surface area contributed by atoms with E-state index in [1.54, 1.807) is 24.3 Å². The molecule has 0 unspecified atom stereocenters. The summed E-state index contributed by atoms with van der Waals surface area (Å²) < 4.78 is 10.1. The Hall–Kier alpha value is -3.02. The zero-order chi connectivity index (χ0) is 17.4. The first-order valence-corrected chi connectivity index (χ1v) is 7.51. The highest BCUT2D eigenvalue weighted by molar-refractivity contribution is 5.92. The molecule has 0 aliphatic rings. The molecule has 0 spiro atoms. The number of rotatable bonds is 6. The molecule has 0 aliphatic carbocycles. The third-order valence-electron chi connectivity index (χ3n) is 3.24. The van der Waals surface area contributed by atoms with Gasteiger partial charge < -0.3 is 20.1 Å². The largest absolute Gasteiger partial charge is 0.492 e. The van der Waals surface area contributed by atoms with Crippen LogP contribution in [0.5, 0.6) is 5.75 Å². The Balaban J connectivity index is 1.71. The molecule has 0 aromatic heterocycles. The topological polar surface area (TPSA) is 76.7 Å². The lowest BCUT2D eigenvalue weighted by Crippen LogP contribution is -2.32. The predicted octanol–water partition coefficient (Wildman–Crippen LogP) is 2.98. The average molecular weight is 328 g/mol. The first-order chi connectivity index (χ1) is 11.6. The molecule has 0 heterocycles. The minimum atomic E-state index is -0.417. The van der Waals surface area contributed by atoms with Crippen LogP contribution in [0.2, 0.25) is 0 Å². The summed E-state index contributed by atoms with van der Waals surface area (Å²) in [5.41, 5.74) is 2.17. The molecule has 0 fully saturated rings. The first-order valence-electron chi connectivity index (χ1n) is 7.51. The summed E-state index contributed by atoms with van der Waals surface area (Å²) in [7, 11) is 1.32. The van der Waals surface area contributed by atoms with Crippen LogP contribution in [0, 0.1) is 6.92 Å². The predicted molar refractivity (Wildman–Crippen MR) is 91.5 cm³/mol. The normalized spacial score (nSPS) is 9.92. The standard InChI is InChI=1S/C18H20N2O4/c1-13-3-9-16(10-4-13)24-12-11-19-18(22)20-15-7-5-14(6-8-15)17(21)23-2/h3-10H,11-12H2,1-2H3,(H2,19,20,22). The third-order valence-corrected chi connectivity index (χ3v) is 3.24. The lowest BCUT2D eigenvalue weighted by atomic mass is 10.2. The summed E-state index contributed by atoms with van der Waals surface area (Å²) in [5, 5.41) is 5.37. The van der Waals surface area contributed by atoms with Gasteiger partial charge in [-0.1, -0.05) is 17.7 Å². The van der Waals surface area contributed by atoms with Crippen molar-refractivity contribution >= 4 is 17.7 Å². The zero-order valence-corrected chi connectivity index (χ0v) is 13.7. The second-order valence-corrected chi connectivity index (χ2v) is 5.11. The van der Waals surface area contributed by atoms with Crippen molar-refractivity contribution in [2.75, 3.05) is 25.6 Å². The number of hydrogen-bond donors (Lipinski definition) is 2. The molecule has 126 valence electrons. The molecule has 0 saturated carbocycles. The summed E-state index contributed by atoms with van der Waals surface area (Å²) in [4.78, 5) is 23.1. The number of hydrogen-bond acceptors (Lipinski definition) is 4. The van der Waals surface area contributed by atoms with Gasteiger partial charge in [0.15, 0.2) is 0 Å². The average Bonchev–Trinajstić information content (AvgIpc) is 2.60. The Morgan fingerprint density at radius 2 is 1.67 bits per heavy atom. The van der Waals surface area contributed by atoms with Gasteiger partial charge in [0, 0.05) is 5.69 Å². The van der Waals surface area contributed by atoms with Crippen LogP contribution < -0.4 is 15.4 Å². The molecule has 0 saturated heterocycles. The molecule has 24 heavy (non-hydrogen) atoms. The maximum atomic E-state index is 11.8. The monoisotopic (exact) mass is 328 g/mol. The first kappa shape index (κ1) is 17.3. The minimum absolute atomic E-state index is 0.340. The van der Waals surface area contributed by atoms with E-state index in [-0.39, 0.29) is 6.03 Å². The fourth-order valence-electron chi connectivity index (χ4n) is 1.95. The number of esters is 1. The fourth-order valence-corrected chi connectivity index (χ4v) is 1.95. The van der Waals surface area contributed by atoms with Gasteiger partial charge in [-0.2, -0.15) is 0 Å². The number of nitrogens with one attached hydrogen (secondary N) is 2. The van der Waals surface area contributed by atoms with Crippen LogP contribution in [0.3, 0.4) is 0 Å². The van der Waals surface area contributed by atoms with Crippen LogP contribution in [0.4, 0.5) is 10.5 Å². The van der Waals surface area contributed by atoms with Crippen molar-refractivity contribution in [2.24, 2.45) is 0 Å². The Bertz CT molecular complexity index is 681. The van der Waals surface area contributed by atoms with E-state index in [4.69, 9.17) is 4.74 Å². The number of amides is 2. The highest BCUT2D eigenvalue weighted by Gasteiger charge is 2.06. The number of urea groups is 1. The Labute approximate surface area is 140 Å². The third kappa shape index (κ3) is 5.31. The van der Waals surface area contributed by atoms with E-state index in [9.17, 15) is 9.59 Å². The van der Waals surface area contributed by atoms with Gasteiger partial charge in [0.25, 0.3) is 0 Å². The van der Waals surface area contributed by atoms with E-state index in [1.807, 2.05) is 31.2 Å². The molecule has 6 heteroatoms. The lowest BCUT2D eigenvalue weighted by molar-refractivity contribution is 0.0600. The summed E-state index contributed by atoms with van der Waals surface area (Å²) in [6.07, 6.45) is 0. The molecule has 2 N–H and O–H groups in total. The van der Waals surface area contributed by atoms with Crippen molar-refractivity contribution in [2.45, 2.75) is 6.92 Å². The van der Waals surface area contributed by atoms with Crippen LogP contribution in [0.15, 0.2) is 48.5 Å². The zero-order valence-electron chi connectivity index (χ0n) is 13.7. The van der Waals surface area contributed by atoms with Crippen molar-refractivity contribution in [3.63, 3.8) is 0 Å². The molecule has 2 rings (SSSR count). The highest BCUT2D eigenvalue weighted by atomic mass is 16.5. The van der Waals surface area contributed by atoms with Crippen molar-refractivity contribution in [3.05, 3.63) is 59.7 Å². The van der Waals surface area contributed by atoms with Crippen LogP contribution in [0.1, 0.15) is 15.9 Å². The number of carbonyl (C=O) groups excluding carboxylic acids is 2. The smallest absolute Gasteiger partial charge is 0.337 e. The molecule has 0 aliphatic heterocycles. The summed E-state index contributed by atoms with van der Waals surface area (Å²) >= 11 is 0. The van der Waals surface area contributed by atoms with Crippen LogP contribution >= 0.6 is 0 Å². The van der Waals surface area contributed by atoms with Gasteiger partial charge in [0.2, 0.25) is 0 Å². The number of anilines is 1. The van der Waals surface area contributed by atoms with Gasteiger partial charge in [-0.25, -0.2) is 9.59 Å². The van der Waals surface area contributed by atoms with E-state index in [0.29, 0.717) is 24.4 Å². The minimum Gasteiger partial charge on any atom is -0.492 e. The van der Waals surface area contributed by atoms with Gasteiger partial charge in [-0.3, -0.25) is 0 Å². The van der Waals surface area contributed by atoms with Gasteiger partial charge in [0.1, 0.15) is 12.4 Å². The SMILES string of the molecule is COC(=O)c1ccc(NC(=O)NCCOc2ccc(C)cc2)cc1. The van der Waals surface area contributed by atoms with E-state index in [0.717, 1.165) is 11.3 Å². The maximum absolute atomic E-state index is 11.8. The quantitative estimate of drug-likeness (QED) is 0.631. The van der Waals surface area contributed by atoms with Gasteiger partial charge >= 0.3 is 12.0 Å². The molecular formula is C18H20N2O4. The van der Waals surface area contributed by atoms with E-state index in [2.05, 4.69) is 15.4 Å². The second-order valence-electron chi connectivity index (χ2n) is 5.11. The van der Waals surface area contributed by atoms with Gasteiger partial charge in [0.05, 0.1) is 19.2 Å². The number of benzene rings is 2. The molecule has 6 nitrogen and oxygen atoms in total. The van der Waals surface area contributed by atoms with Crippen molar-refractivity contribution in [1.82, 2.24) is 5.32 Å². The second kappa shape index (κ2) is 8.57. The number of aryl methyl sites for hydroxylation is 1. The fraction of sp³-hybridized carbons (Fsp3) is 0.222. The van der Waals surface area contributed by atoms with Crippen molar-refractivity contribution in [3.8, 4) is 5.75 Å². The molecule has 0 radical (unpaired) electrons. The van der Waals surface area contributed by atoms with Gasteiger partial charge in [-0.05, 0) is 43.3 Å².